The van der Waals surface area contributed by atoms with Crippen LogP contribution in [0.25, 0.3) is 0 Å². The van der Waals surface area contributed by atoms with E-state index < -0.39 is 30.0 Å². The topological polar surface area (TPSA) is 108 Å². The second-order valence-corrected chi connectivity index (χ2v) is 5.20. The maximum absolute atomic E-state index is 10.5. The molecule has 0 amide bonds. The van der Waals surface area contributed by atoms with Crippen LogP contribution in [0.1, 0.15) is 0 Å². The van der Waals surface area contributed by atoms with Gasteiger partial charge in [0.15, 0.2) is 0 Å². The van der Waals surface area contributed by atoms with Crippen LogP contribution in [0.15, 0.2) is 34.1 Å². The smallest absolute Gasteiger partial charge is 0.282 e. The normalized spacial score (nSPS) is 12.7. The fraction of sp³-hybridized carbons (Fsp3) is 0. The molecule has 0 saturated heterocycles. The van der Waals surface area contributed by atoms with E-state index in [-0.39, 0.29) is 0 Å². The molecular weight excluding hydrogens is 232 g/mol. The van der Waals surface area contributed by atoms with Crippen molar-refractivity contribution in [3.63, 3.8) is 0 Å². The molecule has 0 saturated carbocycles. The Morgan fingerprint density at radius 1 is 0.857 bits per heavy atom. The summed E-state index contributed by atoms with van der Waals surface area (Å²) in [5.74, 6) is 0. The first-order valence-electron chi connectivity index (χ1n) is 3.25. The van der Waals surface area contributed by atoms with E-state index in [0.29, 0.717) is 0 Å². The van der Waals surface area contributed by atoms with Crippen molar-refractivity contribution >= 4 is 20.2 Å². The summed E-state index contributed by atoms with van der Waals surface area (Å²) in [6.07, 6.45) is 0. The average Bonchev–Trinajstić information content (AvgIpc) is 2.01. The molecule has 6 nitrogen and oxygen atoms in total. The fourth-order valence-electron chi connectivity index (χ4n) is 0.778. The van der Waals surface area contributed by atoms with E-state index >= 15 is 0 Å². The van der Waals surface area contributed by atoms with Crippen LogP contribution in [0.3, 0.4) is 0 Å². The molecule has 0 aliphatic carbocycles. The number of rotatable bonds is 2. The van der Waals surface area contributed by atoms with Crippen LogP contribution < -0.4 is 0 Å². The molecule has 0 aliphatic heterocycles. The summed E-state index contributed by atoms with van der Waals surface area (Å²) in [6.45, 7) is 0. The maximum atomic E-state index is 10.5. The van der Waals surface area contributed by atoms with Gasteiger partial charge in [-0.15, -0.1) is 0 Å². The highest BCUT2D eigenvalue weighted by Crippen LogP contribution is 2.13. The SMILES string of the molecule is [O]S(=O)(=O)c1ccc(S(=O)(=O)O)cc1. The molecular formula is C6H5O6S2. The zero-order valence-electron chi connectivity index (χ0n) is 6.61. The Labute approximate surface area is 80.7 Å². The zero-order valence-corrected chi connectivity index (χ0v) is 8.25. The van der Waals surface area contributed by atoms with Crippen LogP contribution in [-0.2, 0) is 24.8 Å². The first-order valence-corrected chi connectivity index (χ1v) is 6.09. The predicted octanol–water partition coefficient (Wildman–Crippen LogP) is 0.0525. The molecule has 14 heavy (non-hydrogen) atoms. The minimum atomic E-state index is -4.59. The summed E-state index contributed by atoms with van der Waals surface area (Å²) >= 11 is 0. The summed E-state index contributed by atoms with van der Waals surface area (Å²) in [7, 11) is -8.95. The van der Waals surface area contributed by atoms with Gasteiger partial charge in [0.1, 0.15) is 0 Å². The Morgan fingerprint density at radius 2 is 1.21 bits per heavy atom. The lowest BCUT2D eigenvalue weighted by molar-refractivity contribution is 0.414. The first-order chi connectivity index (χ1) is 6.21. The van der Waals surface area contributed by atoms with E-state index in [0.717, 1.165) is 24.3 Å². The van der Waals surface area contributed by atoms with Crippen molar-refractivity contribution in [1.82, 2.24) is 0 Å². The van der Waals surface area contributed by atoms with Crippen molar-refractivity contribution in [3.8, 4) is 0 Å². The van der Waals surface area contributed by atoms with Gasteiger partial charge in [0.05, 0.1) is 9.79 Å². The van der Waals surface area contributed by atoms with E-state index in [9.17, 15) is 21.4 Å². The molecule has 0 spiro atoms. The van der Waals surface area contributed by atoms with Crippen LogP contribution >= 0.6 is 0 Å². The minimum absolute atomic E-state index is 0.468. The highest BCUT2D eigenvalue weighted by atomic mass is 32.2. The van der Waals surface area contributed by atoms with Gasteiger partial charge in [-0.3, -0.25) is 4.55 Å². The monoisotopic (exact) mass is 237 g/mol. The molecule has 1 aromatic carbocycles. The molecule has 0 aliphatic rings. The molecule has 1 radical (unpaired) electrons. The molecule has 77 valence electrons. The van der Waals surface area contributed by atoms with Crippen LogP contribution in [0.4, 0.5) is 0 Å². The van der Waals surface area contributed by atoms with Gasteiger partial charge in [-0.25, -0.2) is 0 Å². The van der Waals surface area contributed by atoms with Crippen molar-refractivity contribution in [2.24, 2.45) is 0 Å². The lowest BCUT2D eigenvalue weighted by Crippen LogP contribution is -2.00. The third kappa shape index (κ3) is 2.51. The first kappa shape index (κ1) is 11.1. The highest BCUT2D eigenvalue weighted by molar-refractivity contribution is 7.86. The van der Waals surface area contributed by atoms with Gasteiger partial charge in [-0.1, -0.05) is 4.55 Å². The molecule has 1 rings (SSSR count). The minimum Gasteiger partial charge on any atom is -0.282 e. The molecule has 0 bridgehead atoms. The molecule has 0 unspecified atom stereocenters. The van der Waals surface area contributed by atoms with Crippen LogP contribution in [0.5, 0.6) is 0 Å². The number of hydrogen-bond donors (Lipinski definition) is 1. The zero-order chi connectivity index (χ0) is 11.0. The Morgan fingerprint density at radius 3 is 1.50 bits per heavy atom. The van der Waals surface area contributed by atoms with E-state index in [2.05, 4.69) is 0 Å². The molecule has 1 aromatic rings. The maximum Gasteiger partial charge on any atom is 0.324 e. The van der Waals surface area contributed by atoms with Crippen molar-refractivity contribution in [1.29, 1.82) is 0 Å². The van der Waals surface area contributed by atoms with E-state index in [4.69, 9.17) is 4.55 Å². The summed E-state index contributed by atoms with van der Waals surface area (Å²) in [6, 6.07) is 3.29. The van der Waals surface area contributed by atoms with Gasteiger partial charge in [-0.05, 0) is 24.3 Å². The largest absolute Gasteiger partial charge is 0.324 e. The molecule has 0 aromatic heterocycles. The van der Waals surface area contributed by atoms with Gasteiger partial charge >= 0.3 is 10.1 Å². The molecule has 0 heterocycles. The Bertz CT molecular complexity index is 473. The molecule has 0 fully saturated rings. The standard InChI is InChI=1S/C6H5O6S2/c7-13(8,9)5-1-2-6(4-3-5)14(10,11)12/h1-4H,(H,7,8,9). The van der Waals surface area contributed by atoms with Crippen molar-refractivity contribution < 1.29 is 25.9 Å². The van der Waals surface area contributed by atoms with Gasteiger partial charge in [0.25, 0.3) is 10.1 Å². The Kier molecular flexibility index (Phi) is 2.63. The lowest BCUT2D eigenvalue weighted by Gasteiger charge is -1.97. The molecule has 0 atom stereocenters. The van der Waals surface area contributed by atoms with E-state index in [1.54, 1.807) is 0 Å². The number of hydrogen-bond acceptors (Lipinski definition) is 4. The third-order valence-corrected chi connectivity index (χ3v) is 3.13. The molecule has 1 N–H and O–H groups in total. The van der Waals surface area contributed by atoms with Gasteiger partial charge in [-0.2, -0.15) is 16.8 Å². The second-order valence-electron chi connectivity index (χ2n) is 2.40. The third-order valence-electron chi connectivity index (χ3n) is 1.41. The average molecular weight is 237 g/mol. The second kappa shape index (κ2) is 3.31. The van der Waals surface area contributed by atoms with Crippen LogP contribution in [0.2, 0.25) is 0 Å². The van der Waals surface area contributed by atoms with Crippen molar-refractivity contribution in [2.45, 2.75) is 9.79 Å². The Balaban J connectivity index is 3.28. The summed E-state index contributed by atoms with van der Waals surface area (Å²) < 4.78 is 60.9. The Hall–Kier alpha value is -0.960. The molecule has 8 heteroatoms. The van der Waals surface area contributed by atoms with E-state index in [1.165, 1.54) is 0 Å². The predicted molar refractivity (Wildman–Crippen MR) is 44.1 cm³/mol. The van der Waals surface area contributed by atoms with Crippen molar-refractivity contribution in [2.75, 3.05) is 0 Å². The summed E-state index contributed by atoms with van der Waals surface area (Å²) in [4.78, 5) is -1.02. The summed E-state index contributed by atoms with van der Waals surface area (Å²) in [5.41, 5.74) is 0. The van der Waals surface area contributed by atoms with Crippen molar-refractivity contribution in [3.05, 3.63) is 24.3 Å². The van der Waals surface area contributed by atoms with E-state index in [1.807, 2.05) is 0 Å². The van der Waals surface area contributed by atoms with Gasteiger partial charge in [0.2, 0.25) is 0 Å². The fourth-order valence-corrected chi connectivity index (χ4v) is 1.73. The van der Waals surface area contributed by atoms with Crippen LogP contribution in [-0.4, -0.2) is 21.4 Å². The summed E-state index contributed by atoms with van der Waals surface area (Å²) in [5, 5.41) is 0. The van der Waals surface area contributed by atoms with Crippen LogP contribution in [0, 0.1) is 0 Å². The number of benzene rings is 1. The lowest BCUT2D eigenvalue weighted by atomic mass is 10.4. The van der Waals surface area contributed by atoms with Gasteiger partial charge in [0, 0.05) is 0 Å². The van der Waals surface area contributed by atoms with Gasteiger partial charge < -0.3 is 0 Å². The highest BCUT2D eigenvalue weighted by Gasteiger charge is 2.14. The quantitative estimate of drug-likeness (QED) is 0.731.